The van der Waals surface area contributed by atoms with Crippen molar-refractivity contribution in [1.82, 2.24) is 0 Å². The molecule has 0 heterocycles. The first kappa shape index (κ1) is 17.0. The summed E-state index contributed by atoms with van der Waals surface area (Å²) in [5.41, 5.74) is 0. The van der Waals surface area contributed by atoms with Gasteiger partial charge in [-0.25, -0.2) is 0 Å². The molecule has 1 fully saturated rings. The van der Waals surface area contributed by atoms with Crippen LogP contribution in [-0.4, -0.2) is 6.10 Å². The lowest BCUT2D eigenvalue weighted by molar-refractivity contribution is 0.183. The molecule has 0 radical (unpaired) electrons. The van der Waals surface area contributed by atoms with E-state index in [4.69, 9.17) is 9.79 Å². The van der Waals surface area contributed by atoms with Crippen LogP contribution in [0.2, 0.25) is 0 Å². The molecule has 0 aromatic heterocycles. The van der Waals surface area contributed by atoms with Crippen molar-refractivity contribution in [2.24, 2.45) is 0 Å². The van der Waals surface area contributed by atoms with Crippen LogP contribution in [0.1, 0.15) is 52.9 Å². The van der Waals surface area contributed by atoms with E-state index in [-0.39, 0.29) is 0 Å². The predicted octanol–water partition coefficient (Wildman–Crippen LogP) is 4.24. The van der Waals surface area contributed by atoms with Crippen molar-refractivity contribution < 1.29 is 4.52 Å². The second-order valence-corrected chi connectivity index (χ2v) is 3.30. The Kier molecular flexibility index (Phi) is 18.2. The van der Waals surface area contributed by atoms with E-state index in [0.717, 1.165) is 0 Å². The fourth-order valence-corrected chi connectivity index (χ4v) is 1.55. The number of hydrogen-bond acceptors (Lipinski definition) is 2. The second-order valence-electron chi connectivity index (χ2n) is 3.03. The van der Waals surface area contributed by atoms with Gasteiger partial charge in [0.25, 0.3) is 0 Å². The van der Waals surface area contributed by atoms with Crippen LogP contribution in [0.5, 0.6) is 0 Å². The molecule has 0 spiro atoms. The zero-order valence-corrected chi connectivity index (χ0v) is 11.4. The van der Waals surface area contributed by atoms with Crippen molar-refractivity contribution in [3.8, 4) is 6.07 Å². The molecule has 88 valence electrons. The van der Waals surface area contributed by atoms with Crippen LogP contribution in [0.25, 0.3) is 0 Å². The summed E-state index contributed by atoms with van der Waals surface area (Å²) in [5.74, 6) is 0. The SMILES string of the molecule is CC.CC=CC#N.POC1CCCCC1. The van der Waals surface area contributed by atoms with Crippen LogP contribution in [0.4, 0.5) is 0 Å². The maximum atomic E-state index is 7.73. The van der Waals surface area contributed by atoms with Gasteiger partial charge >= 0.3 is 0 Å². The quantitative estimate of drug-likeness (QED) is 0.497. The Balaban J connectivity index is 0. The molecule has 2 nitrogen and oxygen atoms in total. The molecule has 1 rings (SSSR count). The van der Waals surface area contributed by atoms with E-state index in [1.54, 1.807) is 6.08 Å². The molecule has 3 heteroatoms. The van der Waals surface area contributed by atoms with Gasteiger partial charge in [0.1, 0.15) is 0 Å². The Hall–Kier alpha value is -0.380. The average Bonchev–Trinajstić information content (AvgIpc) is 2.34. The Bertz CT molecular complexity index is 169. The predicted molar refractivity (Wildman–Crippen MR) is 69.4 cm³/mol. The Morgan fingerprint density at radius 3 is 2.00 bits per heavy atom. The van der Waals surface area contributed by atoms with E-state index in [9.17, 15) is 0 Å². The third kappa shape index (κ3) is 13.6. The topological polar surface area (TPSA) is 33.0 Å². The minimum Gasteiger partial charge on any atom is -0.362 e. The van der Waals surface area contributed by atoms with Crippen molar-refractivity contribution in [2.45, 2.75) is 59.0 Å². The molecule has 0 aromatic rings. The van der Waals surface area contributed by atoms with Gasteiger partial charge in [-0.2, -0.15) is 5.26 Å². The van der Waals surface area contributed by atoms with Gasteiger partial charge in [0.05, 0.1) is 12.2 Å². The molecule has 0 saturated heterocycles. The molecule has 0 aliphatic heterocycles. The number of hydrogen-bond donors (Lipinski definition) is 0. The smallest absolute Gasteiger partial charge is 0.0908 e. The van der Waals surface area contributed by atoms with Crippen molar-refractivity contribution in [3.05, 3.63) is 12.2 Å². The Morgan fingerprint density at radius 2 is 1.80 bits per heavy atom. The fourth-order valence-electron chi connectivity index (χ4n) is 1.28. The lowest BCUT2D eigenvalue weighted by atomic mass is 9.98. The summed E-state index contributed by atoms with van der Waals surface area (Å²) >= 11 is 0. The van der Waals surface area contributed by atoms with Crippen LogP contribution in [0.15, 0.2) is 12.2 Å². The van der Waals surface area contributed by atoms with E-state index >= 15 is 0 Å². The highest BCUT2D eigenvalue weighted by Crippen LogP contribution is 2.21. The monoisotopic (exact) mass is 229 g/mol. The van der Waals surface area contributed by atoms with Crippen LogP contribution in [-0.2, 0) is 4.52 Å². The molecule has 0 aromatic carbocycles. The van der Waals surface area contributed by atoms with E-state index in [2.05, 4.69) is 9.47 Å². The maximum Gasteiger partial charge on any atom is 0.0908 e. The molecule has 1 atom stereocenters. The highest BCUT2D eigenvalue weighted by atomic mass is 31.0. The zero-order chi connectivity index (χ0) is 11.9. The molecule has 1 saturated carbocycles. The van der Waals surface area contributed by atoms with Crippen LogP contribution >= 0.6 is 9.47 Å². The van der Waals surface area contributed by atoms with Crippen molar-refractivity contribution in [1.29, 1.82) is 5.26 Å². The minimum absolute atomic E-state index is 0.550. The van der Waals surface area contributed by atoms with Crippen LogP contribution in [0.3, 0.4) is 0 Å². The third-order valence-corrected chi connectivity index (χ3v) is 2.37. The minimum atomic E-state index is 0.550. The van der Waals surface area contributed by atoms with E-state index in [1.807, 2.05) is 26.8 Å². The lowest BCUT2D eigenvalue weighted by Gasteiger charge is -2.18. The van der Waals surface area contributed by atoms with Gasteiger partial charge in [-0.3, -0.25) is 0 Å². The summed E-state index contributed by atoms with van der Waals surface area (Å²) in [6.07, 6.45) is 10.3. The second kappa shape index (κ2) is 16.1. The molecule has 1 unspecified atom stereocenters. The summed E-state index contributed by atoms with van der Waals surface area (Å²) in [6, 6.07) is 1.84. The van der Waals surface area contributed by atoms with Gasteiger partial charge in [-0.15, -0.1) is 0 Å². The lowest BCUT2D eigenvalue weighted by Crippen LogP contribution is -2.11. The van der Waals surface area contributed by atoms with Crippen molar-refractivity contribution >= 4 is 9.47 Å². The van der Waals surface area contributed by atoms with Crippen molar-refractivity contribution in [2.75, 3.05) is 0 Å². The number of allylic oxidation sites excluding steroid dienone is 2. The largest absolute Gasteiger partial charge is 0.362 e. The summed E-state index contributed by atoms with van der Waals surface area (Å²) < 4.78 is 5.11. The first-order chi connectivity index (χ1) is 7.35. The summed E-state index contributed by atoms with van der Waals surface area (Å²) in [6.45, 7) is 5.81. The standard InChI is InChI=1S/C6H13OP.C4H5N.C2H6/c8-7-6-4-2-1-3-5-6;1-2-3-4-5;1-2/h6H,1-5,8H2;2-3H,1H3;1-2H3. The molecule has 0 bridgehead atoms. The number of nitriles is 1. The summed E-state index contributed by atoms with van der Waals surface area (Å²) in [7, 11) is 2.35. The van der Waals surface area contributed by atoms with Gasteiger partial charge in [0.15, 0.2) is 0 Å². The van der Waals surface area contributed by atoms with E-state index in [0.29, 0.717) is 6.10 Å². The van der Waals surface area contributed by atoms with Crippen LogP contribution in [0, 0.1) is 11.3 Å². The molecular weight excluding hydrogens is 205 g/mol. The summed E-state index contributed by atoms with van der Waals surface area (Å²) in [4.78, 5) is 0. The average molecular weight is 229 g/mol. The number of rotatable bonds is 1. The van der Waals surface area contributed by atoms with E-state index < -0.39 is 0 Å². The number of nitrogens with zero attached hydrogens (tertiary/aromatic N) is 1. The molecule has 0 amide bonds. The Labute approximate surface area is 97.0 Å². The molecule has 0 N–H and O–H groups in total. The first-order valence-electron chi connectivity index (χ1n) is 5.71. The molecule has 1 aliphatic rings. The van der Waals surface area contributed by atoms with Gasteiger partial charge in [-0.05, 0) is 19.8 Å². The van der Waals surface area contributed by atoms with E-state index in [1.165, 1.54) is 38.2 Å². The van der Waals surface area contributed by atoms with Gasteiger partial charge in [0, 0.05) is 15.5 Å². The Morgan fingerprint density at radius 1 is 1.27 bits per heavy atom. The highest BCUT2D eigenvalue weighted by molar-refractivity contribution is 7.09. The molecule has 1 aliphatic carbocycles. The highest BCUT2D eigenvalue weighted by Gasteiger charge is 2.10. The summed E-state index contributed by atoms with van der Waals surface area (Å²) in [5, 5.41) is 7.73. The maximum absolute atomic E-state index is 7.73. The van der Waals surface area contributed by atoms with Gasteiger partial charge in [0.2, 0.25) is 0 Å². The third-order valence-electron chi connectivity index (χ3n) is 1.99. The van der Waals surface area contributed by atoms with Gasteiger partial charge in [-0.1, -0.05) is 39.2 Å². The van der Waals surface area contributed by atoms with Gasteiger partial charge < -0.3 is 4.52 Å². The normalized spacial score (nSPS) is 15.7. The van der Waals surface area contributed by atoms with Crippen molar-refractivity contribution in [3.63, 3.8) is 0 Å². The molecule has 15 heavy (non-hydrogen) atoms. The van der Waals surface area contributed by atoms with Crippen LogP contribution < -0.4 is 0 Å². The zero-order valence-electron chi connectivity index (χ0n) is 10.2. The first-order valence-corrected chi connectivity index (χ1v) is 6.18. The fraction of sp³-hybridized carbons (Fsp3) is 0.750. The molecular formula is C12H24NOP.